The SMILES string of the molecule is c1cc(CN2CC(c3ccncc3)C2)cc(-n2cccn2)c1. The first-order valence-corrected chi connectivity index (χ1v) is 7.60. The lowest BCUT2D eigenvalue weighted by Gasteiger charge is -2.39. The number of hydrogen-bond acceptors (Lipinski definition) is 3. The summed E-state index contributed by atoms with van der Waals surface area (Å²) in [6.45, 7) is 3.24. The molecule has 0 amide bonds. The summed E-state index contributed by atoms with van der Waals surface area (Å²) in [6, 6.07) is 14.8. The number of rotatable bonds is 4. The van der Waals surface area contributed by atoms with Gasteiger partial charge < -0.3 is 0 Å². The monoisotopic (exact) mass is 290 g/mol. The van der Waals surface area contributed by atoms with Gasteiger partial charge in [-0.25, -0.2) is 4.68 Å². The number of pyridine rings is 1. The maximum atomic E-state index is 4.29. The molecule has 0 aliphatic carbocycles. The van der Waals surface area contributed by atoms with Gasteiger partial charge in [0.25, 0.3) is 0 Å². The molecule has 0 atom stereocenters. The summed E-state index contributed by atoms with van der Waals surface area (Å²) in [7, 11) is 0. The first kappa shape index (κ1) is 13.2. The van der Waals surface area contributed by atoms with Gasteiger partial charge in [-0.2, -0.15) is 5.10 Å². The summed E-state index contributed by atoms with van der Waals surface area (Å²) in [6.07, 6.45) is 7.54. The lowest BCUT2D eigenvalue weighted by atomic mass is 9.92. The average Bonchev–Trinajstić information content (AvgIpc) is 3.06. The minimum atomic E-state index is 0.650. The number of hydrogen-bond donors (Lipinski definition) is 0. The summed E-state index contributed by atoms with van der Waals surface area (Å²) in [5, 5.41) is 4.29. The Morgan fingerprint density at radius 2 is 1.86 bits per heavy atom. The second-order valence-corrected chi connectivity index (χ2v) is 5.79. The van der Waals surface area contributed by atoms with Crippen molar-refractivity contribution in [3.63, 3.8) is 0 Å². The molecule has 0 radical (unpaired) electrons. The fraction of sp³-hybridized carbons (Fsp3) is 0.222. The van der Waals surface area contributed by atoms with Crippen molar-refractivity contribution in [2.75, 3.05) is 13.1 Å². The van der Waals surface area contributed by atoms with Gasteiger partial charge in [-0.05, 0) is 41.5 Å². The Labute approximate surface area is 130 Å². The minimum absolute atomic E-state index is 0.650. The zero-order valence-electron chi connectivity index (χ0n) is 12.3. The standard InChI is InChI=1S/C18H18N4/c1-3-15(11-18(4-1)22-10-2-7-20-22)12-21-13-17(14-21)16-5-8-19-9-6-16/h1-11,17H,12-14H2. The third kappa shape index (κ3) is 2.65. The van der Waals surface area contributed by atoms with Crippen LogP contribution < -0.4 is 0 Å². The molecule has 2 aromatic heterocycles. The first-order valence-electron chi connectivity index (χ1n) is 7.60. The lowest BCUT2D eigenvalue weighted by Crippen LogP contribution is -2.44. The lowest BCUT2D eigenvalue weighted by molar-refractivity contribution is 0.139. The largest absolute Gasteiger partial charge is 0.298 e. The molecule has 0 spiro atoms. The van der Waals surface area contributed by atoms with Crippen molar-refractivity contribution in [2.24, 2.45) is 0 Å². The third-order valence-electron chi connectivity index (χ3n) is 4.22. The molecular formula is C18H18N4. The Bertz CT molecular complexity index is 731. The second-order valence-electron chi connectivity index (χ2n) is 5.79. The predicted octanol–water partition coefficient (Wildman–Crippen LogP) is 2.87. The molecule has 1 aliphatic heterocycles. The van der Waals surface area contributed by atoms with Gasteiger partial charge in [-0.3, -0.25) is 9.88 Å². The predicted molar refractivity (Wildman–Crippen MR) is 85.8 cm³/mol. The van der Waals surface area contributed by atoms with Crippen molar-refractivity contribution in [2.45, 2.75) is 12.5 Å². The van der Waals surface area contributed by atoms with Crippen molar-refractivity contribution in [3.8, 4) is 5.69 Å². The highest BCUT2D eigenvalue weighted by molar-refractivity contribution is 5.35. The summed E-state index contributed by atoms with van der Waals surface area (Å²) in [5.74, 6) is 0.650. The van der Waals surface area contributed by atoms with Crippen molar-refractivity contribution < 1.29 is 0 Å². The third-order valence-corrected chi connectivity index (χ3v) is 4.22. The van der Waals surface area contributed by atoms with E-state index in [0.717, 1.165) is 25.3 Å². The van der Waals surface area contributed by atoms with Crippen LogP contribution in [0.1, 0.15) is 17.0 Å². The van der Waals surface area contributed by atoms with Gasteiger partial charge >= 0.3 is 0 Å². The van der Waals surface area contributed by atoms with Crippen LogP contribution in [-0.2, 0) is 6.54 Å². The first-order chi connectivity index (χ1) is 10.9. The summed E-state index contributed by atoms with van der Waals surface area (Å²) in [4.78, 5) is 6.56. The molecule has 1 aromatic carbocycles. The van der Waals surface area contributed by atoms with Crippen molar-refractivity contribution in [1.29, 1.82) is 0 Å². The molecule has 1 saturated heterocycles. The van der Waals surface area contributed by atoms with Crippen LogP contribution in [0.25, 0.3) is 5.69 Å². The van der Waals surface area contributed by atoms with Crippen LogP contribution in [0, 0.1) is 0 Å². The molecule has 1 aliphatic rings. The quantitative estimate of drug-likeness (QED) is 0.741. The van der Waals surface area contributed by atoms with E-state index in [4.69, 9.17) is 0 Å². The minimum Gasteiger partial charge on any atom is -0.298 e. The maximum absolute atomic E-state index is 4.29. The smallest absolute Gasteiger partial charge is 0.0648 e. The average molecular weight is 290 g/mol. The van der Waals surface area contributed by atoms with Crippen molar-refractivity contribution >= 4 is 0 Å². The molecule has 4 rings (SSSR count). The molecule has 0 unspecified atom stereocenters. The molecule has 110 valence electrons. The van der Waals surface area contributed by atoms with Crippen molar-refractivity contribution in [3.05, 3.63) is 78.4 Å². The van der Waals surface area contributed by atoms with Crippen LogP contribution in [0.3, 0.4) is 0 Å². The molecule has 0 N–H and O–H groups in total. The highest BCUT2D eigenvalue weighted by Crippen LogP contribution is 2.28. The summed E-state index contributed by atoms with van der Waals surface area (Å²) < 4.78 is 1.90. The van der Waals surface area contributed by atoms with E-state index >= 15 is 0 Å². The number of likely N-dealkylation sites (tertiary alicyclic amines) is 1. The fourth-order valence-electron chi connectivity index (χ4n) is 3.02. The number of benzene rings is 1. The number of nitrogens with zero attached hydrogens (tertiary/aromatic N) is 4. The Hall–Kier alpha value is -2.46. The van der Waals surface area contributed by atoms with Gasteiger partial charge in [-0.1, -0.05) is 12.1 Å². The van der Waals surface area contributed by atoms with E-state index in [-0.39, 0.29) is 0 Å². The Kier molecular flexibility index (Phi) is 3.45. The van der Waals surface area contributed by atoms with E-state index in [1.54, 1.807) is 6.20 Å². The molecule has 4 nitrogen and oxygen atoms in total. The van der Waals surface area contributed by atoms with Crippen LogP contribution in [0.4, 0.5) is 0 Å². The van der Waals surface area contributed by atoms with Crippen LogP contribution in [0.5, 0.6) is 0 Å². The van der Waals surface area contributed by atoms with Gasteiger partial charge in [0.05, 0.1) is 5.69 Å². The van der Waals surface area contributed by atoms with Crippen molar-refractivity contribution in [1.82, 2.24) is 19.7 Å². The van der Waals surface area contributed by atoms with Crippen LogP contribution in [0.2, 0.25) is 0 Å². The Balaban J connectivity index is 1.40. The van der Waals surface area contributed by atoms with Gasteiger partial charge in [0.15, 0.2) is 0 Å². The summed E-state index contributed by atoms with van der Waals surface area (Å²) >= 11 is 0. The van der Waals surface area contributed by atoms with Gasteiger partial charge in [0, 0.05) is 50.3 Å². The molecule has 1 fully saturated rings. The van der Waals surface area contributed by atoms with E-state index in [1.807, 2.05) is 29.3 Å². The molecule has 22 heavy (non-hydrogen) atoms. The fourth-order valence-corrected chi connectivity index (χ4v) is 3.02. The molecule has 0 saturated carbocycles. The van der Waals surface area contributed by atoms with Gasteiger partial charge in [-0.15, -0.1) is 0 Å². The van der Waals surface area contributed by atoms with Crippen LogP contribution in [-0.4, -0.2) is 32.8 Å². The molecule has 4 heteroatoms. The van der Waals surface area contributed by atoms with E-state index in [1.165, 1.54) is 11.1 Å². The topological polar surface area (TPSA) is 34.0 Å². The molecule has 0 bridgehead atoms. The second kappa shape index (κ2) is 5.73. The van der Waals surface area contributed by atoms with E-state index in [2.05, 4.69) is 51.4 Å². The molecule has 3 aromatic rings. The van der Waals surface area contributed by atoms with Crippen LogP contribution >= 0.6 is 0 Å². The van der Waals surface area contributed by atoms with E-state index in [0.29, 0.717) is 5.92 Å². The summed E-state index contributed by atoms with van der Waals surface area (Å²) in [5.41, 5.74) is 3.85. The molecular weight excluding hydrogens is 272 g/mol. The van der Waals surface area contributed by atoms with Crippen LogP contribution in [0.15, 0.2) is 67.3 Å². The highest BCUT2D eigenvalue weighted by Gasteiger charge is 2.27. The van der Waals surface area contributed by atoms with E-state index < -0.39 is 0 Å². The normalized spacial score (nSPS) is 15.6. The highest BCUT2D eigenvalue weighted by atomic mass is 15.3. The number of aromatic nitrogens is 3. The molecule has 3 heterocycles. The van der Waals surface area contributed by atoms with Gasteiger partial charge in [0.1, 0.15) is 0 Å². The Morgan fingerprint density at radius 3 is 2.64 bits per heavy atom. The maximum Gasteiger partial charge on any atom is 0.0648 e. The zero-order chi connectivity index (χ0) is 14.8. The Morgan fingerprint density at radius 1 is 1.00 bits per heavy atom. The zero-order valence-corrected chi connectivity index (χ0v) is 12.3. The van der Waals surface area contributed by atoms with Gasteiger partial charge in [0.2, 0.25) is 0 Å². The van der Waals surface area contributed by atoms with E-state index in [9.17, 15) is 0 Å².